The van der Waals surface area contributed by atoms with Crippen LogP contribution < -0.4 is 15.8 Å². The number of rotatable bonds is 11. The number of methoxy groups -OCH3 is 1. The molecule has 12 heteroatoms. The van der Waals surface area contributed by atoms with Crippen molar-refractivity contribution < 1.29 is 32.6 Å². The number of fused-ring (bicyclic) bond motifs is 3. The molecule has 3 aromatic carbocycles. The van der Waals surface area contributed by atoms with Crippen LogP contribution in [0.15, 0.2) is 53.4 Å². The molecule has 11 nitrogen and oxygen atoms in total. The van der Waals surface area contributed by atoms with Crippen LogP contribution >= 0.6 is 0 Å². The molecule has 0 radical (unpaired) electrons. The van der Waals surface area contributed by atoms with Crippen LogP contribution in [0.2, 0.25) is 0 Å². The number of carbonyl (C=O) groups is 2. The minimum Gasteiger partial charge on any atom is -0.496 e. The third-order valence-corrected chi connectivity index (χ3v) is 9.87. The predicted molar refractivity (Wildman–Crippen MR) is 162 cm³/mol. The molecule has 0 saturated carbocycles. The molecule has 0 heterocycles. The Morgan fingerprint density at radius 1 is 1.09 bits per heavy atom. The van der Waals surface area contributed by atoms with Gasteiger partial charge in [-0.05, 0) is 90.6 Å². The van der Waals surface area contributed by atoms with Crippen LogP contribution in [0.3, 0.4) is 0 Å². The van der Waals surface area contributed by atoms with Crippen LogP contribution in [0.5, 0.6) is 5.75 Å². The number of hydrogen-bond donors (Lipinski definition) is 4. The first kappa shape index (κ1) is 31.4. The number of guanidine groups is 1. The summed E-state index contributed by atoms with van der Waals surface area (Å²) in [5.74, 6) is -1.47. The van der Waals surface area contributed by atoms with Gasteiger partial charge in [0.05, 0.1) is 12.0 Å². The minimum absolute atomic E-state index is 0.00621. The maximum atomic E-state index is 13.6. The van der Waals surface area contributed by atoms with E-state index in [0.29, 0.717) is 22.4 Å². The molecule has 1 atom stereocenters. The third kappa shape index (κ3) is 6.43. The van der Waals surface area contributed by atoms with Crippen molar-refractivity contribution in [3.63, 3.8) is 0 Å². The highest BCUT2D eigenvalue weighted by molar-refractivity contribution is 7.89. The average Bonchev–Trinajstić information content (AvgIpc) is 3.34. The van der Waals surface area contributed by atoms with Crippen LogP contribution in [-0.2, 0) is 32.6 Å². The number of benzene rings is 3. The number of carbonyl (C=O) groups excluding carboxylic acids is 1. The van der Waals surface area contributed by atoms with Crippen molar-refractivity contribution in [1.29, 1.82) is 5.41 Å². The Bertz CT molecular complexity index is 1690. The van der Waals surface area contributed by atoms with Crippen molar-refractivity contribution >= 4 is 28.0 Å². The second-order valence-corrected chi connectivity index (χ2v) is 12.3. The van der Waals surface area contributed by atoms with Gasteiger partial charge < -0.3 is 25.6 Å². The Balaban J connectivity index is 1.39. The molecule has 4 rings (SSSR count). The molecule has 43 heavy (non-hydrogen) atoms. The van der Waals surface area contributed by atoms with Crippen molar-refractivity contribution in [3.05, 3.63) is 81.9 Å². The summed E-state index contributed by atoms with van der Waals surface area (Å²) < 4.78 is 38.6. The molecule has 5 N–H and O–H groups in total. The first-order valence-corrected chi connectivity index (χ1v) is 15.2. The fourth-order valence-corrected chi connectivity index (χ4v) is 7.35. The number of nitrogens with two attached hydrogens (primary N) is 1. The minimum atomic E-state index is -4.25. The van der Waals surface area contributed by atoms with Gasteiger partial charge in [-0.15, -0.1) is 0 Å². The van der Waals surface area contributed by atoms with E-state index in [1.807, 2.05) is 30.3 Å². The van der Waals surface area contributed by atoms with Crippen LogP contribution in [0.25, 0.3) is 11.1 Å². The zero-order valence-corrected chi connectivity index (χ0v) is 25.4. The van der Waals surface area contributed by atoms with Gasteiger partial charge >= 0.3 is 12.1 Å². The third-order valence-electron chi connectivity index (χ3n) is 7.77. The lowest BCUT2D eigenvalue weighted by Gasteiger charge is -2.26. The Kier molecular flexibility index (Phi) is 9.29. The van der Waals surface area contributed by atoms with E-state index < -0.39 is 34.1 Å². The van der Waals surface area contributed by atoms with Crippen molar-refractivity contribution in [2.24, 2.45) is 5.73 Å². The standard InChI is InChI=1S/C31H36N4O7S/c1-18-15-27(41-4)19(2)20(3)28(18)43(39,40)35(30(32)33)14-8-13-26(29(36)37)34-31(38)42-17-22-10-7-12-24-23-11-6-5-9-21(23)16-25(22)24/h5-7,9-12,15,26H,8,13-14,16-17H2,1-4H3,(H3,32,33)(H,34,38)(H,36,37)/t26-/m1/s1. The number of amides is 1. The number of aryl methyl sites for hydroxylation is 1. The number of aliphatic carboxylic acids is 1. The molecule has 0 spiro atoms. The van der Waals surface area contributed by atoms with Crippen LogP contribution in [0.4, 0.5) is 4.79 Å². The fourth-order valence-electron chi connectivity index (χ4n) is 5.49. The van der Waals surface area contributed by atoms with Gasteiger partial charge in [0.2, 0.25) is 5.96 Å². The van der Waals surface area contributed by atoms with Gasteiger partial charge in [0.1, 0.15) is 18.4 Å². The average molecular weight is 609 g/mol. The largest absolute Gasteiger partial charge is 0.496 e. The summed E-state index contributed by atoms with van der Waals surface area (Å²) in [5.41, 5.74) is 12.5. The maximum Gasteiger partial charge on any atom is 0.408 e. The molecule has 0 unspecified atom stereocenters. The zero-order valence-electron chi connectivity index (χ0n) is 24.6. The Hall–Kier alpha value is -4.58. The van der Waals surface area contributed by atoms with E-state index in [0.717, 1.165) is 33.0 Å². The summed E-state index contributed by atoms with van der Waals surface area (Å²) in [6.45, 7) is 4.70. The number of ether oxygens (including phenoxy) is 2. The SMILES string of the molecule is COc1cc(C)c(S(=O)(=O)N(CCC[C@@H](NC(=O)OCc2cccc3c2Cc2ccccc2-3)C(=O)O)C(=N)N)c(C)c1C. The lowest BCUT2D eigenvalue weighted by molar-refractivity contribution is -0.139. The second kappa shape index (κ2) is 12.7. The van der Waals surface area contributed by atoms with Gasteiger partial charge in [0, 0.05) is 6.54 Å². The van der Waals surface area contributed by atoms with Crippen LogP contribution in [0, 0.1) is 26.2 Å². The van der Waals surface area contributed by atoms with E-state index in [-0.39, 0.29) is 30.9 Å². The van der Waals surface area contributed by atoms with E-state index in [1.165, 1.54) is 12.7 Å². The Morgan fingerprint density at radius 2 is 1.79 bits per heavy atom. The maximum absolute atomic E-state index is 13.6. The monoisotopic (exact) mass is 608 g/mol. The van der Waals surface area contributed by atoms with Crippen LogP contribution in [0.1, 0.15) is 46.2 Å². The molecule has 228 valence electrons. The summed E-state index contributed by atoms with van der Waals surface area (Å²) in [4.78, 5) is 24.5. The quantitative estimate of drug-likeness (QED) is 0.145. The van der Waals surface area contributed by atoms with Gasteiger partial charge in [-0.1, -0.05) is 42.5 Å². The van der Waals surface area contributed by atoms with Gasteiger partial charge in [-0.3, -0.25) is 5.41 Å². The van der Waals surface area contributed by atoms with E-state index >= 15 is 0 Å². The lowest BCUT2D eigenvalue weighted by atomic mass is 10.0. The van der Waals surface area contributed by atoms with Crippen LogP contribution in [-0.4, -0.2) is 55.5 Å². The zero-order chi connectivity index (χ0) is 31.5. The van der Waals surface area contributed by atoms with Gasteiger partial charge in [0.15, 0.2) is 0 Å². The molecule has 0 fully saturated rings. The number of sulfonamides is 1. The molecule has 0 aromatic heterocycles. The Morgan fingerprint density at radius 3 is 2.47 bits per heavy atom. The number of hydrogen-bond acceptors (Lipinski definition) is 7. The number of nitrogens with zero attached hydrogens (tertiary/aromatic N) is 1. The van der Waals surface area contributed by atoms with E-state index in [1.54, 1.807) is 26.8 Å². The highest BCUT2D eigenvalue weighted by Gasteiger charge is 2.31. The summed E-state index contributed by atoms with van der Waals surface area (Å²) in [6.07, 6.45) is -0.320. The lowest BCUT2D eigenvalue weighted by Crippen LogP contribution is -2.44. The number of carboxylic acid groups (broad SMARTS) is 1. The number of alkyl carbamates (subject to hydrolysis) is 1. The predicted octanol–water partition coefficient (Wildman–Crippen LogP) is 4.24. The van der Waals surface area contributed by atoms with Gasteiger partial charge in [0.25, 0.3) is 10.0 Å². The van der Waals surface area contributed by atoms with Crippen molar-refractivity contribution in [1.82, 2.24) is 9.62 Å². The first-order valence-electron chi connectivity index (χ1n) is 13.7. The van der Waals surface area contributed by atoms with E-state index in [9.17, 15) is 23.1 Å². The van der Waals surface area contributed by atoms with Crippen molar-refractivity contribution in [2.75, 3.05) is 13.7 Å². The van der Waals surface area contributed by atoms with Crippen molar-refractivity contribution in [3.8, 4) is 16.9 Å². The molecule has 0 aliphatic heterocycles. The molecule has 0 bridgehead atoms. The molecule has 1 amide bonds. The molecule has 1 aliphatic rings. The normalized spacial score (nSPS) is 12.6. The van der Waals surface area contributed by atoms with Crippen molar-refractivity contribution in [2.45, 2.75) is 57.6 Å². The first-order chi connectivity index (χ1) is 20.4. The molecular formula is C31H36N4O7S. The summed E-state index contributed by atoms with van der Waals surface area (Å²) >= 11 is 0. The molecule has 0 saturated heterocycles. The van der Waals surface area contributed by atoms with E-state index in [4.69, 9.17) is 20.6 Å². The highest BCUT2D eigenvalue weighted by atomic mass is 32.2. The fraction of sp³-hybridized carbons (Fsp3) is 0.323. The molecule has 1 aliphatic carbocycles. The smallest absolute Gasteiger partial charge is 0.408 e. The van der Waals surface area contributed by atoms with Gasteiger partial charge in [-0.25, -0.2) is 22.3 Å². The Labute approximate surface area is 251 Å². The summed E-state index contributed by atoms with van der Waals surface area (Å²) in [5, 5.41) is 20.0. The van der Waals surface area contributed by atoms with Gasteiger partial charge in [-0.2, -0.15) is 0 Å². The molecule has 3 aromatic rings. The summed E-state index contributed by atoms with van der Waals surface area (Å²) in [7, 11) is -2.75. The molecular weight excluding hydrogens is 572 g/mol. The highest BCUT2D eigenvalue weighted by Crippen LogP contribution is 2.38. The topological polar surface area (TPSA) is 172 Å². The number of carboxylic acids is 1. The van der Waals surface area contributed by atoms with E-state index in [2.05, 4.69) is 17.4 Å². The summed E-state index contributed by atoms with van der Waals surface area (Å²) in [6, 6.07) is 14.1. The second-order valence-electron chi connectivity index (χ2n) is 10.5. The number of nitrogens with one attached hydrogen (secondary N) is 2.